The highest BCUT2D eigenvalue weighted by molar-refractivity contribution is 5.89. The molecule has 3 heteroatoms. The largest absolute Gasteiger partial charge is 0.478 e. The quantitative estimate of drug-likeness (QED) is 0.709. The van der Waals surface area contributed by atoms with Gasteiger partial charge in [0, 0.05) is 6.08 Å². The van der Waals surface area contributed by atoms with Gasteiger partial charge >= 0.3 is 5.97 Å². The van der Waals surface area contributed by atoms with Crippen LogP contribution in [0.3, 0.4) is 0 Å². The summed E-state index contributed by atoms with van der Waals surface area (Å²) in [5.74, 6) is -1.39. The predicted molar refractivity (Wildman–Crippen MR) is 47.7 cm³/mol. The van der Waals surface area contributed by atoms with E-state index >= 15 is 0 Å². The van der Waals surface area contributed by atoms with E-state index in [-0.39, 0.29) is 5.82 Å². The van der Waals surface area contributed by atoms with Crippen molar-refractivity contribution in [1.29, 1.82) is 0 Å². The van der Waals surface area contributed by atoms with Crippen molar-refractivity contribution >= 4 is 11.5 Å². The molecule has 2 nitrogen and oxygen atoms in total. The molecule has 1 N–H and O–H groups in total. The summed E-state index contributed by atoms with van der Waals surface area (Å²) in [6.07, 6.45) is 1.05. The summed E-state index contributed by atoms with van der Waals surface area (Å²) in [5, 5.41) is 8.44. The molecular weight excluding hydrogens is 171 g/mol. The Morgan fingerprint density at radius 1 is 1.54 bits per heavy atom. The Morgan fingerprint density at radius 3 is 2.77 bits per heavy atom. The molecule has 0 bridgehead atoms. The van der Waals surface area contributed by atoms with Gasteiger partial charge in [-0.25, -0.2) is 9.18 Å². The molecule has 0 heterocycles. The number of allylic oxidation sites excluding steroid dienone is 1. The van der Waals surface area contributed by atoms with E-state index in [0.29, 0.717) is 11.1 Å². The molecule has 0 aliphatic heterocycles. The van der Waals surface area contributed by atoms with Gasteiger partial charge in [-0.05, 0) is 30.2 Å². The second kappa shape index (κ2) is 3.85. The highest BCUT2D eigenvalue weighted by Crippen LogP contribution is 2.14. The zero-order valence-electron chi connectivity index (χ0n) is 7.12. The molecule has 0 aromatic heterocycles. The Kier molecular flexibility index (Phi) is 2.80. The van der Waals surface area contributed by atoms with E-state index in [2.05, 4.69) is 0 Å². The molecule has 0 spiro atoms. The number of aliphatic carboxylic acids is 1. The molecule has 0 radical (unpaired) electrons. The van der Waals surface area contributed by atoms with Crippen LogP contribution in [0.1, 0.15) is 12.5 Å². The second-order valence-corrected chi connectivity index (χ2v) is 2.68. The topological polar surface area (TPSA) is 37.3 Å². The molecule has 1 aromatic carbocycles. The van der Waals surface area contributed by atoms with Crippen LogP contribution < -0.4 is 0 Å². The molecule has 0 unspecified atom stereocenters. The van der Waals surface area contributed by atoms with Crippen molar-refractivity contribution in [2.45, 2.75) is 6.92 Å². The number of carboxylic acids is 1. The number of halogens is 1. The lowest BCUT2D eigenvalue weighted by Crippen LogP contribution is -1.90. The normalized spacial score (nSPS) is 11.4. The summed E-state index contributed by atoms with van der Waals surface area (Å²) in [6, 6.07) is 5.83. The van der Waals surface area contributed by atoms with E-state index in [4.69, 9.17) is 5.11 Å². The van der Waals surface area contributed by atoms with E-state index in [9.17, 15) is 9.18 Å². The van der Waals surface area contributed by atoms with Crippen LogP contribution in [0.15, 0.2) is 30.3 Å². The van der Waals surface area contributed by atoms with E-state index in [1.165, 1.54) is 12.1 Å². The molecule has 1 aromatic rings. The first-order valence-corrected chi connectivity index (χ1v) is 3.77. The first-order chi connectivity index (χ1) is 6.09. The van der Waals surface area contributed by atoms with Crippen LogP contribution in [0.2, 0.25) is 0 Å². The average Bonchev–Trinajstić information content (AvgIpc) is 2.03. The lowest BCUT2D eigenvalue weighted by atomic mass is 10.1. The van der Waals surface area contributed by atoms with Gasteiger partial charge in [-0.1, -0.05) is 12.1 Å². The first-order valence-electron chi connectivity index (χ1n) is 3.77. The van der Waals surface area contributed by atoms with E-state index < -0.39 is 5.97 Å². The SMILES string of the molecule is CC(=CC(=O)O)c1cccc(F)c1. The van der Waals surface area contributed by atoms with Gasteiger partial charge in [0.25, 0.3) is 0 Å². The summed E-state index contributed by atoms with van der Waals surface area (Å²) < 4.78 is 12.7. The van der Waals surface area contributed by atoms with Gasteiger partial charge in [0.1, 0.15) is 5.82 Å². The third kappa shape index (κ3) is 2.71. The zero-order chi connectivity index (χ0) is 9.84. The number of carbonyl (C=O) groups is 1. The Balaban J connectivity index is 3.02. The van der Waals surface area contributed by atoms with Gasteiger partial charge in [0.15, 0.2) is 0 Å². The molecule has 0 atom stereocenters. The molecule has 0 saturated carbocycles. The standard InChI is InChI=1S/C10H9FO2/c1-7(5-10(12)13)8-3-2-4-9(11)6-8/h2-6H,1H3,(H,12,13). The second-order valence-electron chi connectivity index (χ2n) is 2.68. The van der Waals surface area contributed by atoms with Crippen molar-refractivity contribution in [2.24, 2.45) is 0 Å². The summed E-state index contributed by atoms with van der Waals surface area (Å²) >= 11 is 0. The van der Waals surface area contributed by atoms with Crippen molar-refractivity contribution in [3.8, 4) is 0 Å². The molecule has 0 aliphatic carbocycles. The van der Waals surface area contributed by atoms with E-state index in [1.54, 1.807) is 19.1 Å². The Bertz CT molecular complexity index is 356. The fraction of sp³-hybridized carbons (Fsp3) is 0.100. The Hall–Kier alpha value is -1.64. The highest BCUT2D eigenvalue weighted by Gasteiger charge is 1.99. The third-order valence-electron chi connectivity index (χ3n) is 1.62. The Labute approximate surface area is 75.3 Å². The van der Waals surface area contributed by atoms with Crippen LogP contribution in [-0.4, -0.2) is 11.1 Å². The van der Waals surface area contributed by atoms with Crippen molar-refractivity contribution in [2.75, 3.05) is 0 Å². The summed E-state index contributed by atoms with van der Waals surface area (Å²) in [7, 11) is 0. The van der Waals surface area contributed by atoms with Gasteiger partial charge in [0.2, 0.25) is 0 Å². The minimum atomic E-state index is -1.03. The molecule has 0 aliphatic rings. The lowest BCUT2D eigenvalue weighted by molar-refractivity contribution is -0.131. The smallest absolute Gasteiger partial charge is 0.328 e. The Morgan fingerprint density at radius 2 is 2.23 bits per heavy atom. The maximum Gasteiger partial charge on any atom is 0.328 e. The summed E-state index contributed by atoms with van der Waals surface area (Å²) in [6.45, 7) is 1.63. The number of carboxylic acid groups (broad SMARTS) is 1. The predicted octanol–water partition coefficient (Wildman–Crippen LogP) is 2.31. The molecule has 0 saturated heterocycles. The zero-order valence-corrected chi connectivity index (χ0v) is 7.12. The number of benzene rings is 1. The maximum absolute atomic E-state index is 12.7. The van der Waals surface area contributed by atoms with Crippen LogP contribution in [-0.2, 0) is 4.79 Å². The fourth-order valence-electron chi connectivity index (χ4n) is 1.00. The molecule has 13 heavy (non-hydrogen) atoms. The van der Waals surface area contributed by atoms with Crippen molar-refractivity contribution in [3.63, 3.8) is 0 Å². The minimum Gasteiger partial charge on any atom is -0.478 e. The molecular formula is C10H9FO2. The fourth-order valence-corrected chi connectivity index (χ4v) is 1.00. The monoisotopic (exact) mass is 180 g/mol. The molecule has 0 amide bonds. The van der Waals surface area contributed by atoms with Crippen LogP contribution in [0, 0.1) is 5.82 Å². The van der Waals surface area contributed by atoms with Gasteiger partial charge in [-0.3, -0.25) is 0 Å². The molecule has 68 valence electrons. The number of rotatable bonds is 2. The first kappa shape index (κ1) is 9.45. The van der Waals surface area contributed by atoms with Crippen molar-refractivity contribution in [1.82, 2.24) is 0 Å². The molecule has 1 rings (SSSR count). The number of hydrogen-bond donors (Lipinski definition) is 1. The average molecular weight is 180 g/mol. The van der Waals surface area contributed by atoms with Crippen LogP contribution in [0.25, 0.3) is 5.57 Å². The summed E-state index contributed by atoms with van der Waals surface area (Å²) in [4.78, 5) is 10.3. The third-order valence-corrected chi connectivity index (χ3v) is 1.62. The maximum atomic E-state index is 12.7. The van der Waals surface area contributed by atoms with Gasteiger partial charge < -0.3 is 5.11 Å². The van der Waals surface area contributed by atoms with Crippen molar-refractivity contribution in [3.05, 3.63) is 41.7 Å². The van der Waals surface area contributed by atoms with Gasteiger partial charge in [-0.15, -0.1) is 0 Å². The van der Waals surface area contributed by atoms with Gasteiger partial charge in [-0.2, -0.15) is 0 Å². The molecule has 0 fully saturated rings. The van der Waals surface area contributed by atoms with Crippen LogP contribution >= 0.6 is 0 Å². The lowest BCUT2D eigenvalue weighted by Gasteiger charge is -1.99. The minimum absolute atomic E-state index is 0.365. The summed E-state index contributed by atoms with van der Waals surface area (Å²) in [5.41, 5.74) is 1.12. The van der Waals surface area contributed by atoms with Crippen LogP contribution in [0.5, 0.6) is 0 Å². The van der Waals surface area contributed by atoms with Gasteiger partial charge in [0.05, 0.1) is 0 Å². The van der Waals surface area contributed by atoms with Crippen LogP contribution in [0.4, 0.5) is 4.39 Å². The highest BCUT2D eigenvalue weighted by atomic mass is 19.1. The number of hydrogen-bond acceptors (Lipinski definition) is 1. The van der Waals surface area contributed by atoms with E-state index in [0.717, 1.165) is 6.08 Å². The van der Waals surface area contributed by atoms with E-state index in [1.807, 2.05) is 0 Å². The van der Waals surface area contributed by atoms with Crippen molar-refractivity contribution < 1.29 is 14.3 Å².